The fourth-order valence-corrected chi connectivity index (χ4v) is 4.61. The van der Waals surface area contributed by atoms with Crippen LogP contribution in [-0.4, -0.2) is 36.6 Å². The van der Waals surface area contributed by atoms with Crippen molar-refractivity contribution in [1.29, 1.82) is 0 Å². The maximum Gasteiger partial charge on any atom is 0.252 e. The fraction of sp³-hybridized carbons (Fsp3) is 0.652. The Morgan fingerprint density at radius 1 is 1.07 bits per heavy atom. The average Bonchev–Trinajstić information content (AvgIpc) is 3.11. The molecule has 6 nitrogen and oxygen atoms in total. The minimum Gasteiger partial charge on any atom is -0.398 e. The van der Waals surface area contributed by atoms with Gasteiger partial charge in [-0.2, -0.15) is 0 Å². The van der Waals surface area contributed by atoms with Gasteiger partial charge in [0.2, 0.25) is 0 Å². The number of ether oxygens (including phenoxy) is 1. The van der Waals surface area contributed by atoms with Crippen molar-refractivity contribution in [2.45, 2.75) is 83.4 Å². The fourth-order valence-electron chi connectivity index (χ4n) is 4.61. The van der Waals surface area contributed by atoms with Crippen molar-refractivity contribution in [3.8, 4) is 0 Å². The summed E-state index contributed by atoms with van der Waals surface area (Å²) in [6.45, 7) is 6.34. The first-order valence-electron chi connectivity index (χ1n) is 10.7. The van der Waals surface area contributed by atoms with E-state index in [0.717, 1.165) is 50.5 Å². The molecule has 0 saturated heterocycles. The molecule has 2 atom stereocenters. The molecule has 0 aromatic heterocycles. The van der Waals surface area contributed by atoms with E-state index in [-0.39, 0.29) is 29.3 Å². The average molecular weight is 402 g/mol. The van der Waals surface area contributed by atoms with Gasteiger partial charge in [-0.05, 0) is 75.0 Å². The molecule has 2 saturated carbocycles. The third-order valence-corrected chi connectivity index (χ3v) is 6.99. The minimum absolute atomic E-state index is 0.0400. The minimum atomic E-state index is -0.753. The van der Waals surface area contributed by atoms with E-state index >= 15 is 0 Å². The van der Waals surface area contributed by atoms with Gasteiger partial charge in [0.05, 0.1) is 0 Å². The lowest BCUT2D eigenvalue weighted by Crippen LogP contribution is -2.57. The van der Waals surface area contributed by atoms with Gasteiger partial charge < -0.3 is 21.1 Å². The summed E-state index contributed by atoms with van der Waals surface area (Å²) in [5, 5.41) is 6.31. The van der Waals surface area contributed by atoms with Crippen LogP contribution in [0.5, 0.6) is 0 Å². The van der Waals surface area contributed by atoms with Gasteiger partial charge in [0.1, 0.15) is 5.60 Å². The molecular weight excluding hydrogens is 366 g/mol. The summed E-state index contributed by atoms with van der Waals surface area (Å²) >= 11 is 0. The third-order valence-electron chi connectivity index (χ3n) is 6.99. The molecule has 0 radical (unpaired) electrons. The van der Waals surface area contributed by atoms with E-state index in [2.05, 4.69) is 24.5 Å². The first-order chi connectivity index (χ1) is 13.7. The molecule has 2 aliphatic carbocycles. The molecule has 0 aliphatic heterocycles. The van der Waals surface area contributed by atoms with Crippen LogP contribution >= 0.6 is 0 Å². The first kappa shape index (κ1) is 21.6. The van der Waals surface area contributed by atoms with Gasteiger partial charge in [-0.25, -0.2) is 0 Å². The zero-order valence-corrected chi connectivity index (χ0v) is 18.1. The number of nitrogens with two attached hydrogens (primary N) is 1. The summed E-state index contributed by atoms with van der Waals surface area (Å²) in [4.78, 5) is 25.9. The summed E-state index contributed by atoms with van der Waals surface area (Å²) in [5.41, 5.74) is 7.42. The summed E-state index contributed by atoms with van der Waals surface area (Å²) in [7, 11) is 1.63. The van der Waals surface area contributed by atoms with Gasteiger partial charge in [0.15, 0.2) is 0 Å². The molecule has 2 amide bonds. The van der Waals surface area contributed by atoms with Gasteiger partial charge in [0, 0.05) is 30.4 Å². The predicted molar refractivity (Wildman–Crippen MR) is 115 cm³/mol. The maximum absolute atomic E-state index is 13.2. The van der Waals surface area contributed by atoms with E-state index in [0.29, 0.717) is 11.3 Å². The summed E-state index contributed by atoms with van der Waals surface area (Å²) in [6, 6.07) is 5.21. The van der Waals surface area contributed by atoms with Crippen molar-refractivity contribution in [1.82, 2.24) is 10.6 Å². The number of hydrogen-bond donors (Lipinski definition) is 3. The summed E-state index contributed by atoms with van der Waals surface area (Å²) in [5.74, 6) is -0.177. The van der Waals surface area contributed by atoms with Crippen LogP contribution in [0.1, 0.15) is 74.7 Å². The maximum atomic E-state index is 13.2. The first-order valence-corrected chi connectivity index (χ1v) is 10.7. The highest BCUT2D eigenvalue weighted by atomic mass is 16.5. The predicted octanol–water partition coefficient (Wildman–Crippen LogP) is 3.33. The number of carbonyl (C=O) groups is 2. The summed E-state index contributed by atoms with van der Waals surface area (Å²) in [6.07, 6.45) is 6.08. The molecule has 29 heavy (non-hydrogen) atoms. The van der Waals surface area contributed by atoms with Gasteiger partial charge in [-0.15, -0.1) is 0 Å². The molecule has 2 fully saturated rings. The lowest BCUT2D eigenvalue weighted by atomic mass is 9.70. The second-order valence-electron chi connectivity index (χ2n) is 9.47. The van der Waals surface area contributed by atoms with Crippen LogP contribution in [0.3, 0.4) is 0 Å². The molecule has 2 aliphatic rings. The van der Waals surface area contributed by atoms with Crippen LogP contribution in [0.15, 0.2) is 18.2 Å². The second kappa shape index (κ2) is 8.34. The zero-order valence-electron chi connectivity index (χ0n) is 18.1. The quantitative estimate of drug-likeness (QED) is 0.660. The molecule has 160 valence electrons. The van der Waals surface area contributed by atoms with E-state index in [1.54, 1.807) is 25.3 Å². The normalized spacial score (nSPS) is 25.4. The monoisotopic (exact) mass is 401 g/mol. The SMILES string of the molecule is COC1(C(=O)N[C@@H]2CCC[C@H]2NC(=O)c2cccc(N)c2C)CCC(C)(C)CC1. The Morgan fingerprint density at radius 3 is 2.31 bits per heavy atom. The van der Waals surface area contributed by atoms with E-state index in [1.165, 1.54) is 0 Å². The highest BCUT2D eigenvalue weighted by Crippen LogP contribution is 2.42. The Labute approximate surface area is 173 Å². The highest BCUT2D eigenvalue weighted by molar-refractivity contribution is 5.97. The Balaban J connectivity index is 1.65. The van der Waals surface area contributed by atoms with Crippen molar-refractivity contribution in [3.05, 3.63) is 29.3 Å². The van der Waals surface area contributed by atoms with Crippen LogP contribution in [0, 0.1) is 12.3 Å². The lowest BCUT2D eigenvalue weighted by molar-refractivity contribution is -0.151. The number of nitrogen functional groups attached to an aromatic ring is 1. The van der Waals surface area contributed by atoms with Gasteiger partial charge in [-0.1, -0.05) is 19.9 Å². The van der Waals surface area contributed by atoms with Gasteiger partial charge in [0.25, 0.3) is 11.8 Å². The molecule has 1 aromatic rings. The lowest BCUT2D eigenvalue weighted by Gasteiger charge is -2.42. The topological polar surface area (TPSA) is 93.5 Å². The second-order valence-corrected chi connectivity index (χ2v) is 9.47. The Morgan fingerprint density at radius 2 is 1.69 bits per heavy atom. The number of anilines is 1. The molecule has 0 spiro atoms. The number of amides is 2. The van der Waals surface area contributed by atoms with Gasteiger partial charge in [-0.3, -0.25) is 9.59 Å². The van der Waals surface area contributed by atoms with Crippen LogP contribution in [0.2, 0.25) is 0 Å². The Bertz CT molecular complexity index is 765. The van der Waals surface area contributed by atoms with Crippen molar-refractivity contribution >= 4 is 17.5 Å². The highest BCUT2D eigenvalue weighted by Gasteiger charge is 2.45. The van der Waals surface area contributed by atoms with Crippen molar-refractivity contribution in [2.75, 3.05) is 12.8 Å². The standard InChI is InChI=1S/C23H35N3O3/c1-15-16(7-5-8-17(15)24)20(27)25-18-9-6-10-19(18)26-21(28)23(29-4)13-11-22(2,3)12-14-23/h5,7-8,18-19H,6,9-14,24H2,1-4H3,(H,25,27)(H,26,28)/t18-,19-/m1/s1. The van der Waals surface area contributed by atoms with Crippen LogP contribution in [0.4, 0.5) is 5.69 Å². The van der Waals surface area contributed by atoms with Crippen molar-refractivity contribution < 1.29 is 14.3 Å². The smallest absolute Gasteiger partial charge is 0.252 e. The van der Waals surface area contributed by atoms with Crippen LogP contribution < -0.4 is 16.4 Å². The number of carbonyl (C=O) groups excluding carboxylic acids is 2. The molecule has 1 aromatic carbocycles. The number of benzene rings is 1. The number of methoxy groups -OCH3 is 1. The number of nitrogens with one attached hydrogen (secondary N) is 2. The molecule has 0 heterocycles. The van der Waals surface area contributed by atoms with Crippen LogP contribution in [-0.2, 0) is 9.53 Å². The van der Waals surface area contributed by atoms with Gasteiger partial charge >= 0.3 is 0 Å². The molecular formula is C23H35N3O3. The summed E-state index contributed by atoms with van der Waals surface area (Å²) < 4.78 is 5.75. The Hall–Kier alpha value is -2.08. The molecule has 6 heteroatoms. The number of rotatable bonds is 5. The Kier molecular flexibility index (Phi) is 6.22. The van der Waals surface area contributed by atoms with E-state index in [4.69, 9.17) is 10.5 Å². The largest absolute Gasteiger partial charge is 0.398 e. The van der Waals surface area contributed by atoms with E-state index < -0.39 is 5.60 Å². The van der Waals surface area contributed by atoms with E-state index in [9.17, 15) is 9.59 Å². The third kappa shape index (κ3) is 4.58. The van der Waals surface area contributed by atoms with Crippen molar-refractivity contribution in [3.63, 3.8) is 0 Å². The van der Waals surface area contributed by atoms with Crippen molar-refractivity contribution in [2.24, 2.45) is 5.41 Å². The molecule has 0 bridgehead atoms. The van der Waals surface area contributed by atoms with Crippen LogP contribution in [0.25, 0.3) is 0 Å². The van der Waals surface area contributed by atoms with E-state index in [1.807, 2.05) is 6.92 Å². The molecule has 4 N–H and O–H groups in total. The molecule has 3 rings (SSSR count). The zero-order chi connectivity index (χ0) is 21.2. The number of hydrogen-bond acceptors (Lipinski definition) is 4. The molecule has 0 unspecified atom stereocenters.